The Labute approximate surface area is 148 Å². The minimum Gasteiger partial charge on any atom is -0.360 e. The number of hydrogen-bond acceptors (Lipinski definition) is 5. The van der Waals surface area contributed by atoms with Crippen molar-refractivity contribution in [2.75, 3.05) is 10.0 Å². The molecule has 3 aromatic rings. The Bertz CT molecular complexity index is 1050. The molecule has 1 heterocycles. The first-order valence-electron chi connectivity index (χ1n) is 7.47. The fourth-order valence-corrected chi connectivity index (χ4v) is 3.22. The number of carbonyl (C=O) groups is 1. The number of sulfonamides is 1. The van der Waals surface area contributed by atoms with E-state index in [0.717, 1.165) is 24.3 Å². The molecule has 2 aromatic carbocycles. The molecule has 1 amide bonds. The largest absolute Gasteiger partial charge is 0.360 e. The molecule has 7 nitrogen and oxygen atoms in total. The quantitative estimate of drug-likeness (QED) is 0.713. The number of carbonyl (C=O) groups excluding carboxylic acids is 1. The van der Waals surface area contributed by atoms with Crippen LogP contribution in [0.4, 0.5) is 15.9 Å². The molecule has 0 aliphatic carbocycles. The van der Waals surface area contributed by atoms with Gasteiger partial charge in [0.25, 0.3) is 15.9 Å². The summed E-state index contributed by atoms with van der Waals surface area (Å²) < 4.78 is 44.8. The lowest BCUT2D eigenvalue weighted by molar-refractivity contribution is 0.102. The maximum atomic E-state index is 13.0. The van der Waals surface area contributed by atoms with Crippen LogP contribution >= 0.6 is 0 Å². The van der Waals surface area contributed by atoms with Gasteiger partial charge in [-0.2, -0.15) is 0 Å². The number of nitrogens with zero attached hydrogens (tertiary/aromatic N) is 1. The van der Waals surface area contributed by atoms with Crippen LogP contribution in [0, 0.1) is 12.7 Å². The fraction of sp³-hybridized carbons (Fsp3) is 0.0588. The zero-order chi connectivity index (χ0) is 18.7. The molecule has 0 radical (unpaired) electrons. The van der Waals surface area contributed by atoms with Crippen LogP contribution in [0.3, 0.4) is 0 Å². The Morgan fingerprint density at radius 2 is 1.85 bits per heavy atom. The van der Waals surface area contributed by atoms with Gasteiger partial charge in [-0.25, -0.2) is 12.8 Å². The summed E-state index contributed by atoms with van der Waals surface area (Å²) in [6.07, 6.45) is 0. The fourth-order valence-electron chi connectivity index (χ4n) is 2.17. The number of nitrogens with one attached hydrogen (secondary N) is 2. The number of halogens is 1. The molecule has 0 saturated heterocycles. The molecule has 134 valence electrons. The summed E-state index contributed by atoms with van der Waals surface area (Å²) in [7, 11) is -3.90. The highest BCUT2D eigenvalue weighted by molar-refractivity contribution is 7.92. The Balaban J connectivity index is 1.78. The number of aromatic nitrogens is 1. The third kappa shape index (κ3) is 4.06. The van der Waals surface area contributed by atoms with E-state index in [1.165, 1.54) is 24.3 Å². The second-order valence-electron chi connectivity index (χ2n) is 5.42. The van der Waals surface area contributed by atoms with Crippen molar-refractivity contribution in [3.8, 4) is 0 Å². The molecule has 0 bridgehead atoms. The monoisotopic (exact) mass is 375 g/mol. The van der Waals surface area contributed by atoms with Gasteiger partial charge in [-0.3, -0.25) is 9.52 Å². The van der Waals surface area contributed by atoms with Gasteiger partial charge in [0.15, 0.2) is 5.82 Å². The first-order chi connectivity index (χ1) is 12.3. The van der Waals surface area contributed by atoms with Crippen molar-refractivity contribution in [1.29, 1.82) is 0 Å². The Hall–Kier alpha value is -3.20. The van der Waals surface area contributed by atoms with Crippen molar-refractivity contribution in [3.05, 3.63) is 71.7 Å². The molecule has 0 saturated carbocycles. The average Bonchev–Trinajstić information content (AvgIpc) is 3.00. The Kier molecular flexibility index (Phi) is 4.72. The predicted molar refractivity (Wildman–Crippen MR) is 92.8 cm³/mol. The lowest BCUT2D eigenvalue weighted by Crippen LogP contribution is -2.15. The molecule has 26 heavy (non-hydrogen) atoms. The molecule has 3 rings (SSSR count). The summed E-state index contributed by atoms with van der Waals surface area (Å²) in [5, 5.41) is 6.21. The highest BCUT2D eigenvalue weighted by atomic mass is 32.2. The molecule has 0 aliphatic heterocycles. The SMILES string of the molecule is Cc1cc(NC(=O)c2cccc(NS(=O)(=O)c3ccc(F)cc3)c2)no1. The maximum Gasteiger partial charge on any atom is 0.261 e. The zero-order valence-electron chi connectivity index (χ0n) is 13.6. The van der Waals surface area contributed by atoms with E-state index in [2.05, 4.69) is 15.2 Å². The number of hydrogen-bond donors (Lipinski definition) is 2. The van der Waals surface area contributed by atoms with Gasteiger partial charge in [-0.15, -0.1) is 0 Å². The predicted octanol–water partition coefficient (Wildman–Crippen LogP) is 3.18. The van der Waals surface area contributed by atoms with Crippen LogP contribution in [0.25, 0.3) is 0 Å². The van der Waals surface area contributed by atoms with E-state index in [1.54, 1.807) is 13.0 Å². The zero-order valence-corrected chi connectivity index (χ0v) is 14.4. The topological polar surface area (TPSA) is 101 Å². The van der Waals surface area contributed by atoms with Gasteiger partial charge in [0.2, 0.25) is 0 Å². The molecular weight excluding hydrogens is 361 g/mol. The van der Waals surface area contributed by atoms with Crippen molar-refractivity contribution in [2.24, 2.45) is 0 Å². The van der Waals surface area contributed by atoms with Crippen LogP contribution in [0.2, 0.25) is 0 Å². The summed E-state index contributed by atoms with van der Waals surface area (Å²) in [4.78, 5) is 12.1. The van der Waals surface area contributed by atoms with Crippen LogP contribution in [0.5, 0.6) is 0 Å². The minimum absolute atomic E-state index is 0.0909. The summed E-state index contributed by atoms with van der Waals surface area (Å²) in [6.45, 7) is 1.69. The van der Waals surface area contributed by atoms with Gasteiger partial charge in [0.1, 0.15) is 11.6 Å². The lowest BCUT2D eigenvalue weighted by Gasteiger charge is -2.09. The lowest BCUT2D eigenvalue weighted by atomic mass is 10.2. The van der Waals surface area contributed by atoms with Crippen LogP contribution in [0.15, 0.2) is 64.0 Å². The van der Waals surface area contributed by atoms with Gasteiger partial charge in [-0.05, 0) is 49.4 Å². The van der Waals surface area contributed by atoms with Crippen molar-refractivity contribution in [2.45, 2.75) is 11.8 Å². The van der Waals surface area contributed by atoms with Crippen molar-refractivity contribution >= 4 is 27.4 Å². The minimum atomic E-state index is -3.90. The molecule has 9 heteroatoms. The molecule has 0 unspecified atom stereocenters. The number of aryl methyl sites for hydroxylation is 1. The molecule has 1 aromatic heterocycles. The number of rotatable bonds is 5. The van der Waals surface area contributed by atoms with E-state index in [9.17, 15) is 17.6 Å². The van der Waals surface area contributed by atoms with Gasteiger partial charge in [0, 0.05) is 17.3 Å². The molecule has 0 atom stereocenters. The van der Waals surface area contributed by atoms with Crippen LogP contribution in [-0.4, -0.2) is 19.5 Å². The molecule has 0 fully saturated rings. The molecule has 2 N–H and O–H groups in total. The first kappa shape index (κ1) is 17.6. The third-order valence-corrected chi connectivity index (χ3v) is 4.77. The van der Waals surface area contributed by atoms with Gasteiger partial charge < -0.3 is 9.84 Å². The summed E-state index contributed by atoms with van der Waals surface area (Å²) in [6, 6.07) is 11.9. The normalized spacial score (nSPS) is 11.2. The number of anilines is 2. The smallest absolute Gasteiger partial charge is 0.261 e. The molecule has 0 spiro atoms. The molecule has 0 aliphatic rings. The second kappa shape index (κ2) is 6.96. The number of amides is 1. The van der Waals surface area contributed by atoms with E-state index >= 15 is 0 Å². The van der Waals surface area contributed by atoms with Crippen molar-refractivity contribution in [1.82, 2.24) is 5.16 Å². The van der Waals surface area contributed by atoms with Crippen LogP contribution < -0.4 is 10.0 Å². The Morgan fingerprint density at radius 3 is 2.50 bits per heavy atom. The number of benzene rings is 2. The molecular formula is C17H14FN3O4S. The van der Waals surface area contributed by atoms with Crippen LogP contribution in [-0.2, 0) is 10.0 Å². The average molecular weight is 375 g/mol. The van der Waals surface area contributed by atoms with E-state index in [-0.39, 0.29) is 22.0 Å². The highest BCUT2D eigenvalue weighted by Gasteiger charge is 2.15. The second-order valence-corrected chi connectivity index (χ2v) is 7.10. The van der Waals surface area contributed by atoms with Crippen molar-refractivity contribution in [3.63, 3.8) is 0 Å². The standard InChI is InChI=1S/C17H14FN3O4S/c1-11-9-16(20-25-11)19-17(22)12-3-2-4-14(10-12)21-26(23,24)15-7-5-13(18)6-8-15/h2-10,21H,1H3,(H,19,20,22). The van der Waals surface area contributed by atoms with Crippen molar-refractivity contribution < 1.29 is 22.1 Å². The van der Waals surface area contributed by atoms with E-state index in [1.807, 2.05) is 0 Å². The highest BCUT2D eigenvalue weighted by Crippen LogP contribution is 2.18. The van der Waals surface area contributed by atoms with Gasteiger partial charge in [0.05, 0.1) is 4.90 Å². The summed E-state index contributed by atoms with van der Waals surface area (Å²) in [5.41, 5.74) is 0.420. The summed E-state index contributed by atoms with van der Waals surface area (Å²) >= 11 is 0. The Morgan fingerprint density at radius 1 is 1.12 bits per heavy atom. The van der Waals surface area contributed by atoms with Crippen LogP contribution in [0.1, 0.15) is 16.1 Å². The third-order valence-electron chi connectivity index (χ3n) is 3.37. The summed E-state index contributed by atoms with van der Waals surface area (Å²) in [5.74, 6) is -0.210. The van der Waals surface area contributed by atoms with Gasteiger partial charge >= 0.3 is 0 Å². The first-order valence-corrected chi connectivity index (χ1v) is 8.95. The van der Waals surface area contributed by atoms with Gasteiger partial charge in [-0.1, -0.05) is 11.2 Å². The maximum absolute atomic E-state index is 13.0. The van der Waals surface area contributed by atoms with E-state index in [4.69, 9.17) is 4.52 Å². The van der Waals surface area contributed by atoms with E-state index in [0.29, 0.717) is 5.76 Å². The van der Waals surface area contributed by atoms with E-state index < -0.39 is 21.7 Å².